The Morgan fingerprint density at radius 1 is 1.31 bits per heavy atom. The van der Waals surface area contributed by atoms with E-state index in [-0.39, 0.29) is 6.10 Å². The van der Waals surface area contributed by atoms with Gasteiger partial charge in [-0.2, -0.15) is 0 Å². The largest absolute Gasteiger partial charge is 0.392 e. The summed E-state index contributed by atoms with van der Waals surface area (Å²) in [6.07, 6.45) is 5.38. The van der Waals surface area contributed by atoms with Crippen LogP contribution in [0.5, 0.6) is 0 Å². The second-order valence-corrected chi connectivity index (χ2v) is 4.82. The highest BCUT2D eigenvalue weighted by atomic mass is 16.5. The molecule has 0 aromatic heterocycles. The van der Waals surface area contributed by atoms with Crippen molar-refractivity contribution in [1.29, 1.82) is 0 Å². The number of nitrogens with one attached hydrogen (secondary N) is 1. The molecule has 0 amide bonds. The highest BCUT2D eigenvalue weighted by molar-refractivity contribution is 4.75. The molecule has 1 aliphatic rings. The number of aliphatic hydroxyl groups is 1. The summed E-state index contributed by atoms with van der Waals surface area (Å²) < 4.78 is 5.30. The SMILES string of the molecule is CCCC(CC)NCC(O)C1CCOCC1. The Morgan fingerprint density at radius 2 is 2.00 bits per heavy atom. The van der Waals surface area contributed by atoms with E-state index in [1.807, 2.05) is 0 Å². The van der Waals surface area contributed by atoms with Gasteiger partial charge >= 0.3 is 0 Å². The normalized spacial score (nSPS) is 21.9. The average molecular weight is 229 g/mol. The Balaban J connectivity index is 2.19. The van der Waals surface area contributed by atoms with Crippen LogP contribution >= 0.6 is 0 Å². The highest BCUT2D eigenvalue weighted by Crippen LogP contribution is 2.18. The van der Waals surface area contributed by atoms with Crippen LogP contribution in [0.4, 0.5) is 0 Å². The molecule has 2 N–H and O–H groups in total. The van der Waals surface area contributed by atoms with E-state index in [0.29, 0.717) is 12.0 Å². The summed E-state index contributed by atoms with van der Waals surface area (Å²) in [5, 5.41) is 13.5. The monoisotopic (exact) mass is 229 g/mol. The van der Waals surface area contributed by atoms with Crippen LogP contribution in [0, 0.1) is 5.92 Å². The van der Waals surface area contributed by atoms with Gasteiger partial charge in [-0.1, -0.05) is 20.3 Å². The van der Waals surface area contributed by atoms with Crippen LogP contribution in [-0.4, -0.2) is 37.0 Å². The van der Waals surface area contributed by atoms with Crippen LogP contribution in [0.1, 0.15) is 46.0 Å². The van der Waals surface area contributed by atoms with Crippen LogP contribution < -0.4 is 5.32 Å². The van der Waals surface area contributed by atoms with Crippen molar-refractivity contribution in [3.63, 3.8) is 0 Å². The van der Waals surface area contributed by atoms with Gasteiger partial charge in [0.15, 0.2) is 0 Å². The van der Waals surface area contributed by atoms with Crippen molar-refractivity contribution in [2.24, 2.45) is 5.92 Å². The fourth-order valence-electron chi connectivity index (χ4n) is 2.35. The zero-order valence-electron chi connectivity index (χ0n) is 10.7. The van der Waals surface area contributed by atoms with E-state index in [4.69, 9.17) is 4.74 Å². The lowest BCUT2D eigenvalue weighted by molar-refractivity contribution is 0.00749. The first-order chi connectivity index (χ1) is 7.77. The molecule has 2 unspecified atom stereocenters. The van der Waals surface area contributed by atoms with Gasteiger partial charge in [0.1, 0.15) is 0 Å². The lowest BCUT2D eigenvalue weighted by Crippen LogP contribution is -2.40. The summed E-state index contributed by atoms with van der Waals surface area (Å²) in [5.74, 6) is 0.431. The predicted molar refractivity (Wildman–Crippen MR) is 66.5 cm³/mol. The Labute approximate surface area is 99.6 Å². The molecule has 1 aliphatic heterocycles. The molecular weight excluding hydrogens is 202 g/mol. The van der Waals surface area contributed by atoms with E-state index < -0.39 is 0 Å². The van der Waals surface area contributed by atoms with E-state index in [0.717, 1.165) is 39.0 Å². The van der Waals surface area contributed by atoms with Crippen LogP contribution in [0.25, 0.3) is 0 Å². The van der Waals surface area contributed by atoms with Crippen molar-refractivity contribution in [2.45, 2.75) is 58.1 Å². The van der Waals surface area contributed by atoms with Crippen LogP contribution in [0.3, 0.4) is 0 Å². The van der Waals surface area contributed by atoms with Gasteiger partial charge in [-0.05, 0) is 31.6 Å². The first kappa shape index (κ1) is 13.9. The number of rotatable bonds is 7. The minimum atomic E-state index is -0.199. The summed E-state index contributed by atoms with van der Waals surface area (Å²) in [5.41, 5.74) is 0. The fraction of sp³-hybridized carbons (Fsp3) is 1.00. The second-order valence-electron chi connectivity index (χ2n) is 4.82. The molecule has 1 saturated heterocycles. The molecule has 0 aromatic carbocycles. The molecular formula is C13H27NO2. The minimum Gasteiger partial charge on any atom is -0.392 e. The molecule has 0 saturated carbocycles. The molecule has 0 spiro atoms. The van der Waals surface area contributed by atoms with E-state index in [2.05, 4.69) is 19.2 Å². The van der Waals surface area contributed by atoms with Gasteiger partial charge in [0.05, 0.1) is 6.10 Å². The summed E-state index contributed by atoms with van der Waals surface area (Å²) in [4.78, 5) is 0. The molecule has 0 radical (unpaired) electrons. The molecule has 1 heterocycles. The zero-order chi connectivity index (χ0) is 11.8. The molecule has 0 aromatic rings. The van der Waals surface area contributed by atoms with Crippen molar-refractivity contribution in [2.75, 3.05) is 19.8 Å². The number of aliphatic hydroxyl groups excluding tert-OH is 1. The van der Waals surface area contributed by atoms with E-state index in [1.165, 1.54) is 12.8 Å². The van der Waals surface area contributed by atoms with Gasteiger partial charge in [0.2, 0.25) is 0 Å². The van der Waals surface area contributed by atoms with Crippen LogP contribution in [-0.2, 0) is 4.74 Å². The first-order valence-electron chi connectivity index (χ1n) is 6.77. The maximum absolute atomic E-state index is 10.1. The molecule has 1 rings (SSSR count). The Bertz CT molecular complexity index is 169. The molecule has 96 valence electrons. The third-order valence-electron chi connectivity index (χ3n) is 3.56. The van der Waals surface area contributed by atoms with Crippen molar-refractivity contribution in [3.8, 4) is 0 Å². The van der Waals surface area contributed by atoms with E-state index in [1.54, 1.807) is 0 Å². The Kier molecular flexibility index (Phi) is 7.01. The maximum Gasteiger partial charge on any atom is 0.0694 e. The minimum absolute atomic E-state index is 0.199. The van der Waals surface area contributed by atoms with Crippen molar-refractivity contribution >= 4 is 0 Å². The Morgan fingerprint density at radius 3 is 2.56 bits per heavy atom. The second kappa shape index (κ2) is 8.04. The summed E-state index contributed by atoms with van der Waals surface area (Å²) in [6.45, 7) is 6.78. The van der Waals surface area contributed by atoms with Crippen molar-refractivity contribution in [1.82, 2.24) is 5.32 Å². The molecule has 2 atom stereocenters. The zero-order valence-corrected chi connectivity index (χ0v) is 10.7. The third kappa shape index (κ3) is 4.81. The standard InChI is InChI=1S/C13H27NO2/c1-3-5-12(4-2)14-10-13(15)11-6-8-16-9-7-11/h11-15H,3-10H2,1-2H3. The molecule has 3 nitrogen and oxygen atoms in total. The number of ether oxygens (including phenoxy) is 1. The Hall–Kier alpha value is -0.120. The summed E-state index contributed by atoms with van der Waals surface area (Å²) >= 11 is 0. The summed E-state index contributed by atoms with van der Waals surface area (Å²) in [7, 11) is 0. The number of hydrogen-bond acceptors (Lipinski definition) is 3. The third-order valence-corrected chi connectivity index (χ3v) is 3.56. The van der Waals surface area contributed by atoms with E-state index in [9.17, 15) is 5.11 Å². The van der Waals surface area contributed by atoms with Crippen molar-refractivity contribution < 1.29 is 9.84 Å². The molecule has 3 heteroatoms. The van der Waals surface area contributed by atoms with Crippen LogP contribution in [0.2, 0.25) is 0 Å². The molecule has 16 heavy (non-hydrogen) atoms. The lowest BCUT2D eigenvalue weighted by Gasteiger charge is -2.28. The highest BCUT2D eigenvalue weighted by Gasteiger charge is 2.22. The predicted octanol–water partition coefficient (Wildman–Crippen LogP) is 1.94. The molecule has 0 aliphatic carbocycles. The van der Waals surface area contributed by atoms with Gasteiger partial charge in [-0.15, -0.1) is 0 Å². The van der Waals surface area contributed by atoms with Gasteiger partial charge in [0.25, 0.3) is 0 Å². The van der Waals surface area contributed by atoms with Gasteiger partial charge in [-0.3, -0.25) is 0 Å². The molecule has 1 fully saturated rings. The quantitative estimate of drug-likeness (QED) is 0.701. The lowest BCUT2D eigenvalue weighted by atomic mass is 9.93. The smallest absolute Gasteiger partial charge is 0.0694 e. The molecule has 0 bridgehead atoms. The van der Waals surface area contributed by atoms with Crippen LogP contribution in [0.15, 0.2) is 0 Å². The van der Waals surface area contributed by atoms with Gasteiger partial charge in [0, 0.05) is 25.8 Å². The van der Waals surface area contributed by atoms with Gasteiger partial charge < -0.3 is 15.2 Å². The number of hydrogen-bond donors (Lipinski definition) is 2. The van der Waals surface area contributed by atoms with Crippen molar-refractivity contribution in [3.05, 3.63) is 0 Å². The van der Waals surface area contributed by atoms with Gasteiger partial charge in [-0.25, -0.2) is 0 Å². The van der Waals surface area contributed by atoms with E-state index >= 15 is 0 Å². The average Bonchev–Trinajstić information content (AvgIpc) is 2.35. The fourth-order valence-corrected chi connectivity index (χ4v) is 2.35. The first-order valence-corrected chi connectivity index (χ1v) is 6.77. The topological polar surface area (TPSA) is 41.5 Å². The summed E-state index contributed by atoms with van der Waals surface area (Å²) in [6, 6.07) is 0.569. The maximum atomic E-state index is 10.1.